The van der Waals surface area contributed by atoms with Crippen LogP contribution in [-0.2, 0) is 6.18 Å². The van der Waals surface area contributed by atoms with Crippen LogP contribution in [-0.4, -0.2) is 11.2 Å². The Morgan fingerprint density at radius 2 is 2.08 bits per heavy atom. The van der Waals surface area contributed by atoms with Gasteiger partial charge in [-0.2, -0.15) is 13.2 Å². The highest BCUT2D eigenvalue weighted by Gasteiger charge is 2.34. The summed E-state index contributed by atoms with van der Waals surface area (Å²) < 4.78 is 39.8. The van der Waals surface area contributed by atoms with E-state index in [1.165, 1.54) is 0 Å². The van der Waals surface area contributed by atoms with Crippen LogP contribution >= 0.6 is 0 Å². The Balaban J connectivity index is 2.81. The molecular formula is C6H4F3NO3. The molecule has 1 aromatic heterocycles. The minimum Gasteiger partial charge on any atom is -0.465 e. The van der Waals surface area contributed by atoms with E-state index in [4.69, 9.17) is 5.11 Å². The molecule has 13 heavy (non-hydrogen) atoms. The van der Waals surface area contributed by atoms with Crippen molar-refractivity contribution < 1.29 is 27.5 Å². The van der Waals surface area contributed by atoms with Crippen LogP contribution in [0.1, 0.15) is 5.76 Å². The molecule has 4 nitrogen and oxygen atoms in total. The molecule has 0 aromatic carbocycles. The number of hydrogen-bond acceptors (Lipinski definition) is 2. The number of hydrogen-bond donors (Lipinski definition) is 2. The molecule has 1 rings (SSSR count). The molecule has 72 valence electrons. The first-order chi connectivity index (χ1) is 5.89. The van der Waals surface area contributed by atoms with Crippen LogP contribution in [0.4, 0.5) is 23.8 Å². The van der Waals surface area contributed by atoms with E-state index in [1.54, 1.807) is 5.32 Å². The Hall–Kier alpha value is -1.66. The summed E-state index contributed by atoms with van der Waals surface area (Å²) >= 11 is 0. The highest BCUT2D eigenvalue weighted by molar-refractivity contribution is 5.80. The van der Waals surface area contributed by atoms with Crippen LogP contribution in [0, 0.1) is 0 Å². The number of furan rings is 1. The summed E-state index contributed by atoms with van der Waals surface area (Å²) in [5, 5.41) is 9.77. The number of amides is 1. The second-order valence-electron chi connectivity index (χ2n) is 2.09. The molecule has 1 amide bonds. The Bertz CT molecular complexity index is 317. The maximum absolute atomic E-state index is 11.9. The number of halogens is 3. The van der Waals surface area contributed by atoms with Crippen LogP contribution in [0.2, 0.25) is 0 Å². The van der Waals surface area contributed by atoms with Gasteiger partial charge in [0.1, 0.15) is 0 Å². The molecular weight excluding hydrogens is 191 g/mol. The lowest BCUT2D eigenvalue weighted by Crippen LogP contribution is -2.06. The van der Waals surface area contributed by atoms with Gasteiger partial charge in [-0.3, -0.25) is 5.32 Å². The number of alkyl halides is 3. The molecule has 2 N–H and O–H groups in total. The summed E-state index contributed by atoms with van der Waals surface area (Å²) in [4.78, 5) is 9.98. The van der Waals surface area contributed by atoms with Crippen LogP contribution in [0.15, 0.2) is 16.5 Å². The van der Waals surface area contributed by atoms with Gasteiger partial charge in [-0.25, -0.2) is 4.79 Å². The van der Waals surface area contributed by atoms with Gasteiger partial charge in [0.2, 0.25) is 11.6 Å². The molecule has 0 unspecified atom stereocenters. The summed E-state index contributed by atoms with van der Waals surface area (Å²) in [6, 6.07) is 1.53. The predicted molar refractivity (Wildman–Crippen MR) is 35.4 cm³/mol. The number of anilines is 1. The molecule has 0 radical (unpaired) electrons. The molecule has 0 saturated carbocycles. The van der Waals surface area contributed by atoms with Crippen molar-refractivity contribution in [3.05, 3.63) is 17.9 Å². The smallest absolute Gasteiger partial charge is 0.449 e. The van der Waals surface area contributed by atoms with Crippen LogP contribution in [0.5, 0.6) is 0 Å². The van der Waals surface area contributed by atoms with E-state index in [9.17, 15) is 18.0 Å². The van der Waals surface area contributed by atoms with Gasteiger partial charge in [-0.1, -0.05) is 0 Å². The standard InChI is InChI=1S/C6H4F3NO3/c7-6(8,9)3-1-2-4(13-3)10-5(11)12/h1-2,10H,(H,11,12). The van der Waals surface area contributed by atoms with Gasteiger partial charge in [0.25, 0.3) is 0 Å². The topological polar surface area (TPSA) is 62.5 Å². The molecule has 7 heteroatoms. The molecule has 0 bridgehead atoms. The Morgan fingerprint density at radius 3 is 2.46 bits per heavy atom. The van der Waals surface area contributed by atoms with Crippen molar-refractivity contribution in [3.63, 3.8) is 0 Å². The third-order valence-electron chi connectivity index (χ3n) is 1.12. The van der Waals surface area contributed by atoms with E-state index >= 15 is 0 Å². The molecule has 0 saturated heterocycles. The van der Waals surface area contributed by atoms with Gasteiger partial charge in [-0.15, -0.1) is 0 Å². The third-order valence-corrected chi connectivity index (χ3v) is 1.12. The van der Waals surface area contributed by atoms with Crippen LogP contribution < -0.4 is 5.32 Å². The van der Waals surface area contributed by atoms with Gasteiger partial charge in [-0.05, 0) is 6.07 Å². The van der Waals surface area contributed by atoms with E-state index < -0.39 is 23.9 Å². The number of rotatable bonds is 1. The minimum absolute atomic E-state index is 0.458. The summed E-state index contributed by atoms with van der Waals surface area (Å²) in [7, 11) is 0. The lowest BCUT2D eigenvalue weighted by Gasteiger charge is -2.00. The number of carboxylic acid groups (broad SMARTS) is 1. The highest BCUT2D eigenvalue weighted by Crippen LogP contribution is 2.31. The molecule has 0 atom stereocenters. The zero-order chi connectivity index (χ0) is 10.1. The average molecular weight is 195 g/mol. The van der Waals surface area contributed by atoms with E-state index in [0.717, 1.165) is 6.07 Å². The average Bonchev–Trinajstić information content (AvgIpc) is 2.32. The second-order valence-corrected chi connectivity index (χ2v) is 2.09. The van der Waals surface area contributed by atoms with Crippen molar-refractivity contribution in [2.75, 3.05) is 5.32 Å². The fourth-order valence-corrected chi connectivity index (χ4v) is 0.663. The Kier molecular flexibility index (Phi) is 2.18. The summed E-state index contributed by atoms with van der Waals surface area (Å²) in [5.74, 6) is -1.70. The fraction of sp³-hybridized carbons (Fsp3) is 0.167. The van der Waals surface area contributed by atoms with Crippen molar-refractivity contribution in [2.24, 2.45) is 0 Å². The summed E-state index contributed by atoms with van der Waals surface area (Å²) in [5.41, 5.74) is 0. The fourth-order valence-electron chi connectivity index (χ4n) is 0.663. The van der Waals surface area contributed by atoms with E-state index in [1.807, 2.05) is 0 Å². The molecule has 0 spiro atoms. The minimum atomic E-state index is -4.60. The van der Waals surface area contributed by atoms with Crippen LogP contribution in [0.25, 0.3) is 0 Å². The maximum Gasteiger partial charge on any atom is 0.449 e. The van der Waals surface area contributed by atoms with Crippen molar-refractivity contribution in [2.45, 2.75) is 6.18 Å². The number of nitrogens with one attached hydrogen (secondary N) is 1. The molecule has 0 aliphatic rings. The lowest BCUT2D eigenvalue weighted by molar-refractivity contribution is -0.152. The van der Waals surface area contributed by atoms with E-state index in [-0.39, 0.29) is 0 Å². The summed E-state index contributed by atoms with van der Waals surface area (Å²) in [6.07, 6.45) is -6.08. The zero-order valence-electron chi connectivity index (χ0n) is 6.05. The first-order valence-corrected chi connectivity index (χ1v) is 3.06. The highest BCUT2D eigenvalue weighted by atomic mass is 19.4. The second kappa shape index (κ2) is 3.00. The molecule has 1 heterocycles. The molecule has 1 aromatic rings. The van der Waals surface area contributed by atoms with E-state index in [2.05, 4.69) is 4.42 Å². The van der Waals surface area contributed by atoms with Crippen molar-refractivity contribution in [1.82, 2.24) is 0 Å². The van der Waals surface area contributed by atoms with Gasteiger partial charge in [0, 0.05) is 6.07 Å². The first kappa shape index (κ1) is 9.43. The largest absolute Gasteiger partial charge is 0.465 e. The third kappa shape index (κ3) is 2.39. The first-order valence-electron chi connectivity index (χ1n) is 3.06. The van der Waals surface area contributed by atoms with Gasteiger partial charge in [0.05, 0.1) is 0 Å². The van der Waals surface area contributed by atoms with Gasteiger partial charge in [0.15, 0.2) is 0 Å². The Labute approximate surface area is 70.0 Å². The zero-order valence-corrected chi connectivity index (χ0v) is 6.05. The van der Waals surface area contributed by atoms with Crippen molar-refractivity contribution >= 4 is 12.0 Å². The lowest BCUT2D eigenvalue weighted by atomic mass is 10.4. The van der Waals surface area contributed by atoms with Gasteiger partial charge < -0.3 is 9.52 Å². The quantitative estimate of drug-likeness (QED) is 0.723. The normalized spacial score (nSPS) is 11.3. The molecule has 0 aliphatic heterocycles. The molecule has 0 fully saturated rings. The summed E-state index contributed by atoms with van der Waals surface area (Å²) in [6.45, 7) is 0. The molecule has 0 aliphatic carbocycles. The van der Waals surface area contributed by atoms with E-state index in [0.29, 0.717) is 6.07 Å². The number of carbonyl (C=O) groups is 1. The van der Waals surface area contributed by atoms with Gasteiger partial charge >= 0.3 is 12.3 Å². The van der Waals surface area contributed by atoms with Crippen molar-refractivity contribution in [1.29, 1.82) is 0 Å². The predicted octanol–water partition coefficient (Wildman–Crippen LogP) is 2.39. The van der Waals surface area contributed by atoms with Crippen LogP contribution in [0.3, 0.4) is 0 Å². The monoisotopic (exact) mass is 195 g/mol. The Morgan fingerprint density at radius 1 is 1.46 bits per heavy atom. The maximum atomic E-state index is 11.9. The SMILES string of the molecule is O=C(O)Nc1ccc(C(F)(F)F)o1. The van der Waals surface area contributed by atoms with Crippen molar-refractivity contribution in [3.8, 4) is 0 Å².